The van der Waals surface area contributed by atoms with Crippen molar-refractivity contribution in [2.45, 2.75) is 6.92 Å². The van der Waals surface area contributed by atoms with E-state index in [4.69, 9.17) is 0 Å². The van der Waals surface area contributed by atoms with Gasteiger partial charge in [-0.25, -0.2) is 4.39 Å². The molecule has 2 aromatic carbocycles. The first kappa shape index (κ1) is 17.9. The number of hydrogen-bond donors (Lipinski definition) is 2. The summed E-state index contributed by atoms with van der Waals surface area (Å²) in [6.45, 7) is 1.70. The van der Waals surface area contributed by atoms with Crippen LogP contribution in [0.4, 0.5) is 10.1 Å². The number of carbonyl (C=O) groups excluding carboxylic acids is 2. The second kappa shape index (κ2) is 8.40. The molecule has 0 fully saturated rings. The molecule has 0 unspecified atom stereocenters. The van der Waals surface area contributed by atoms with Crippen LogP contribution >= 0.6 is 15.9 Å². The molecule has 2 amide bonds. The van der Waals surface area contributed by atoms with Crippen molar-refractivity contribution in [2.24, 2.45) is 0 Å². The van der Waals surface area contributed by atoms with Crippen molar-refractivity contribution in [3.8, 4) is 0 Å². The minimum atomic E-state index is -0.471. The van der Waals surface area contributed by atoms with Gasteiger partial charge in [-0.05, 0) is 42.8 Å². The number of halogens is 2. The number of aryl methyl sites for hydroxylation is 1. The molecule has 0 aliphatic heterocycles. The molecule has 6 heteroatoms. The number of amides is 2. The molecule has 4 nitrogen and oxygen atoms in total. The van der Waals surface area contributed by atoms with Crippen LogP contribution < -0.4 is 10.6 Å². The number of hydrogen-bond acceptors (Lipinski definition) is 2. The Bertz CT molecular complexity index is 790. The van der Waals surface area contributed by atoms with Gasteiger partial charge in [0.2, 0.25) is 11.8 Å². The zero-order chi connectivity index (χ0) is 17.5. The maximum atomic E-state index is 13.4. The van der Waals surface area contributed by atoms with Gasteiger partial charge in [0, 0.05) is 21.8 Å². The minimum absolute atomic E-state index is 0.171. The van der Waals surface area contributed by atoms with Crippen molar-refractivity contribution in [2.75, 3.05) is 11.9 Å². The molecule has 0 heterocycles. The molecule has 24 heavy (non-hydrogen) atoms. The number of anilines is 1. The zero-order valence-electron chi connectivity index (χ0n) is 13.0. The monoisotopic (exact) mass is 390 g/mol. The van der Waals surface area contributed by atoms with Crippen molar-refractivity contribution >= 4 is 39.5 Å². The molecule has 0 spiro atoms. The highest BCUT2D eigenvalue weighted by atomic mass is 79.9. The van der Waals surface area contributed by atoms with E-state index in [1.807, 2.05) is 19.1 Å². The smallest absolute Gasteiger partial charge is 0.244 e. The van der Waals surface area contributed by atoms with Gasteiger partial charge in [-0.2, -0.15) is 0 Å². The third-order valence-corrected chi connectivity index (χ3v) is 3.70. The van der Waals surface area contributed by atoms with Gasteiger partial charge >= 0.3 is 0 Å². The molecule has 2 aromatic rings. The normalized spacial score (nSPS) is 10.6. The number of rotatable bonds is 5. The van der Waals surface area contributed by atoms with Crippen molar-refractivity contribution in [3.63, 3.8) is 0 Å². The summed E-state index contributed by atoms with van der Waals surface area (Å²) in [5, 5.41) is 5.17. The topological polar surface area (TPSA) is 58.2 Å². The summed E-state index contributed by atoms with van der Waals surface area (Å²) >= 11 is 3.35. The van der Waals surface area contributed by atoms with Gasteiger partial charge in [0.25, 0.3) is 0 Å². The molecule has 0 bridgehead atoms. The van der Waals surface area contributed by atoms with Crippen LogP contribution in [0.25, 0.3) is 6.08 Å². The first-order valence-corrected chi connectivity index (χ1v) is 8.01. The highest BCUT2D eigenvalue weighted by Crippen LogP contribution is 2.19. The maximum absolute atomic E-state index is 13.4. The standard InChI is InChI=1S/C18H16BrFN2O2/c1-12-10-14(19)7-8-16(12)22-18(24)11-21-17(23)9-6-13-4-2-3-5-15(13)20/h2-10H,11H2,1H3,(H,21,23)(H,22,24)/b9-6+. The van der Waals surface area contributed by atoms with Crippen LogP contribution in [0.3, 0.4) is 0 Å². The fourth-order valence-corrected chi connectivity index (χ4v) is 2.44. The summed E-state index contributed by atoms with van der Waals surface area (Å²) in [6.07, 6.45) is 2.55. The molecule has 2 N–H and O–H groups in total. The van der Waals surface area contributed by atoms with Crippen LogP contribution in [-0.2, 0) is 9.59 Å². The maximum Gasteiger partial charge on any atom is 0.244 e. The van der Waals surface area contributed by atoms with Crippen molar-refractivity contribution in [1.29, 1.82) is 0 Å². The van der Waals surface area contributed by atoms with E-state index in [1.165, 1.54) is 18.2 Å². The number of carbonyl (C=O) groups is 2. The van der Waals surface area contributed by atoms with E-state index >= 15 is 0 Å². The molecule has 2 rings (SSSR count). The van der Waals surface area contributed by atoms with Crippen molar-refractivity contribution in [1.82, 2.24) is 5.32 Å². The quantitative estimate of drug-likeness (QED) is 0.765. The highest BCUT2D eigenvalue weighted by Gasteiger charge is 2.06. The fraction of sp³-hybridized carbons (Fsp3) is 0.111. The van der Waals surface area contributed by atoms with Gasteiger partial charge in [-0.1, -0.05) is 34.1 Å². The first-order chi connectivity index (χ1) is 11.5. The summed E-state index contributed by atoms with van der Waals surface area (Å²) in [6, 6.07) is 11.6. The fourth-order valence-electron chi connectivity index (χ4n) is 1.96. The van der Waals surface area contributed by atoms with Gasteiger partial charge in [0.05, 0.1) is 6.54 Å². The lowest BCUT2D eigenvalue weighted by molar-refractivity contribution is -0.121. The first-order valence-electron chi connectivity index (χ1n) is 7.22. The minimum Gasteiger partial charge on any atom is -0.343 e. The second-order valence-electron chi connectivity index (χ2n) is 5.08. The molecular formula is C18H16BrFN2O2. The Labute approximate surface area is 147 Å². The van der Waals surface area contributed by atoms with E-state index in [0.29, 0.717) is 11.3 Å². The van der Waals surface area contributed by atoms with Gasteiger partial charge in [0.15, 0.2) is 0 Å². The van der Waals surface area contributed by atoms with E-state index in [0.717, 1.165) is 10.0 Å². The van der Waals surface area contributed by atoms with Crippen LogP contribution in [0, 0.1) is 12.7 Å². The van der Waals surface area contributed by atoms with E-state index in [1.54, 1.807) is 24.3 Å². The van der Waals surface area contributed by atoms with E-state index in [-0.39, 0.29) is 12.5 Å². The highest BCUT2D eigenvalue weighted by molar-refractivity contribution is 9.10. The Morgan fingerprint density at radius 1 is 1.21 bits per heavy atom. The van der Waals surface area contributed by atoms with Gasteiger partial charge in [0.1, 0.15) is 5.82 Å². The van der Waals surface area contributed by atoms with Crippen LogP contribution in [0.5, 0.6) is 0 Å². The Balaban J connectivity index is 1.85. The second-order valence-corrected chi connectivity index (χ2v) is 6.00. The summed E-state index contributed by atoms with van der Waals surface area (Å²) in [5.41, 5.74) is 1.89. The van der Waals surface area contributed by atoms with Crippen molar-refractivity contribution in [3.05, 3.63) is 70.0 Å². The van der Waals surface area contributed by atoms with Gasteiger partial charge < -0.3 is 10.6 Å². The summed E-state index contributed by atoms with van der Waals surface area (Å²) < 4.78 is 14.3. The zero-order valence-corrected chi connectivity index (χ0v) is 14.6. The lowest BCUT2D eigenvalue weighted by Crippen LogP contribution is -2.31. The van der Waals surface area contributed by atoms with E-state index in [2.05, 4.69) is 26.6 Å². The summed E-state index contributed by atoms with van der Waals surface area (Å²) in [4.78, 5) is 23.6. The lowest BCUT2D eigenvalue weighted by atomic mass is 10.2. The predicted molar refractivity (Wildman–Crippen MR) is 96.0 cm³/mol. The average molecular weight is 391 g/mol. The molecule has 0 radical (unpaired) electrons. The Hall–Kier alpha value is -2.47. The Kier molecular flexibility index (Phi) is 6.26. The van der Waals surface area contributed by atoms with Crippen LogP contribution in [0.2, 0.25) is 0 Å². The van der Waals surface area contributed by atoms with Crippen LogP contribution in [0.15, 0.2) is 53.0 Å². The lowest BCUT2D eigenvalue weighted by Gasteiger charge is -2.09. The Morgan fingerprint density at radius 2 is 1.96 bits per heavy atom. The molecule has 0 aliphatic rings. The average Bonchev–Trinajstić information content (AvgIpc) is 2.55. The van der Waals surface area contributed by atoms with Crippen molar-refractivity contribution < 1.29 is 14.0 Å². The van der Waals surface area contributed by atoms with E-state index in [9.17, 15) is 14.0 Å². The number of benzene rings is 2. The molecule has 0 saturated heterocycles. The van der Waals surface area contributed by atoms with Gasteiger partial charge in [-0.15, -0.1) is 0 Å². The number of nitrogens with one attached hydrogen (secondary N) is 2. The molecular weight excluding hydrogens is 375 g/mol. The molecule has 124 valence electrons. The molecule has 0 aromatic heterocycles. The summed E-state index contributed by atoms with van der Waals surface area (Å²) in [7, 11) is 0. The predicted octanol–water partition coefficient (Wildman–Crippen LogP) is 3.66. The third-order valence-electron chi connectivity index (χ3n) is 3.21. The third kappa shape index (κ3) is 5.31. The Morgan fingerprint density at radius 3 is 2.67 bits per heavy atom. The van der Waals surface area contributed by atoms with Crippen LogP contribution in [0.1, 0.15) is 11.1 Å². The largest absolute Gasteiger partial charge is 0.343 e. The van der Waals surface area contributed by atoms with E-state index < -0.39 is 11.7 Å². The van der Waals surface area contributed by atoms with Crippen LogP contribution in [-0.4, -0.2) is 18.4 Å². The SMILES string of the molecule is Cc1cc(Br)ccc1NC(=O)CNC(=O)/C=C/c1ccccc1F. The molecule has 0 aliphatic carbocycles. The summed E-state index contributed by atoms with van der Waals surface area (Å²) in [5.74, 6) is -1.22. The molecule has 0 saturated carbocycles. The van der Waals surface area contributed by atoms with Gasteiger partial charge in [-0.3, -0.25) is 9.59 Å². The molecule has 0 atom stereocenters.